The van der Waals surface area contributed by atoms with E-state index in [0.717, 1.165) is 28.1 Å². The quantitative estimate of drug-likeness (QED) is 0.843. The van der Waals surface area contributed by atoms with Gasteiger partial charge >= 0.3 is 0 Å². The highest BCUT2D eigenvalue weighted by molar-refractivity contribution is 7.13. The standard InChI is InChI=1S/C18H24N2OS/c1-7-12(2)16-13(15-9-8-10-22-15)11-14(19-16)17(21)20(6)18(3,4)5/h8-11,19H,2,7H2,1,3-6H3. The number of nitrogens with zero attached hydrogens (tertiary/aromatic N) is 1. The molecule has 3 nitrogen and oxygen atoms in total. The Morgan fingerprint density at radius 2 is 2.09 bits per heavy atom. The van der Waals surface area contributed by atoms with Crippen LogP contribution in [0.25, 0.3) is 16.0 Å². The molecule has 2 aromatic rings. The van der Waals surface area contributed by atoms with Crippen molar-refractivity contribution in [3.05, 3.63) is 41.5 Å². The third kappa shape index (κ3) is 3.17. The Kier molecular flexibility index (Phi) is 4.61. The number of nitrogens with one attached hydrogen (secondary N) is 1. The number of rotatable bonds is 4. The smallest absolute Gasteiger partial charge is 0.270 e. The lowest BCUT2D eigenvalue weighted by Crippen LogP contribution is -2.42. The zero-order valence-electron chi connectivity index (χ0n) is 14.0. The van der Waals surface area contributed by atoms with E-state index in [1.165, 1.54) is 0 Å². The molecule has 1 N–H and O–H groups in total. The van der Waals surface area contributed by atoms with Crippen LogP contribution >= 0.6 is 11.3 Å². The van der Waals surface area contributed by atoms with Crippen LogP contribution in [-0.4, -0.2) is 28.4 Å². The molecule has 0 aliphatic carbocycles. The molecule has 0 bridgehead atoms. The number of hydrogen-bond donors (Lipinski definition) is 1. The van der Waals surface area contributed by atoms with Crippen LogP contribution in [0.3, 0.4) is 0 Å². The predicted octanol–water partition coefficient (Wildman–Crippen LogP) is 5.04. The molecule has 2 aromatic heterocycles. The van der Waals surface area contributed by atoms with Gasteiger partial charge in [-0.25, -0.2) is 0 Å². The van der Waals surface area contributed by atoms with Crippen molar-refractivity contribution in [2.24, 2.45) is 0 Å². The lowest BCUT2D eigenvalue weighted by atomic mass is 10.1. The van der Waals surface area contributed by atoms with Gasteiger partial charge in [0.25, 0.3) is 5.91 Å². The Morgan fingerprint density at radius 3 is 2.59 bits per heavy atom. The predicted molar refractivity (Wildman–Crippen MR) is 95.3 cm³/mol. The van der Waals surface area contributed by atoms with Gasteiger partial charge in [-0.2, -0.15) is 0 Å². The maximum atomic E-state index is 12.7. The molecular weight excluding hydrogens is 292 g/mol. The summed E-state index contributed by atoms with van der Waals surface area (Å²) in [5.74, 6) is 0.000425. The minimum atomic E-state index is -0.215. The average Bonchev–Trinajstić information content (AvgIpc) is 3.12. The molecule has 22 heavy (non-hydrogen) atoms. The summed E-state index contributed by atoms with van der Waals surface area (Å²) in [7, 11) is 1.84. The summed E-state index contributed by atoms with van der Waals surface area (Å²) in [6.45, 7) is 12.3. The zero-order chi connectivity index (χ0) is 16.5. The summed E-state index contributed by atoms with van der Waals surface area (Å²) >= 11 is 1.67. The second kappa shape index (κ2) is 6.13. The molecule has 0 saturated carbocycles. The van der Waals surface area contributed by atoms with Crippen LogP contribution in [0.1, 0.15) is 50.3 Å². The van der Waals surface area contributed by atoms with E-state index in [4.69, 9.17) is 0 Å². The van der Waals surface area contributed by atoms with Crippen molar-refractivity contribution in [2.45, 2.75) is 39.7 Å². The third-order valence-corrected chi connectivity index (χ3v) is 4.83. The Bertz CT molecular complexity index is 675. The van der Waals surface area contributed by atoms with Crippen LogP contribution in [0.15, 0.2) is 30.2 Å². The fourth-order valence-corrected chi connectivity index (χ4v) is 2.89. The number of amides is 1. The van der Waals surface area contributed by atoms with E-state index >= 15 is 0 Å². The maximum absolute atomic E-state index is 12.7. The first-order chi connectivity index (χ1) is 10.3. The van der Waals surface area contributed by atoms with Crippen molar-refractivity contribution < 1.29 is 4.79 Å². The van der Waals surface area contributed by atoms with Crippen LogP contribution in [0.4, 0.5) is 0 Å². The zero-order valence-corrected chi connectivity index (χ0v) is 14.8. The van der Waals surface area contributed by atoms with Crippen LogP contribution in [-0.2, 0) is 0 Å². The van der Waals surface area contributed by atoms with Crippen LogP contribution in [0, 0.1) is 0 Å². The van der Waals surface area contributed by atoms with Crippen LogP contribution in [0.2, 0.25) is 0 Å². The fraction of sp³-hybridized carbons (Fsp3) is 0.389. The van der Waals surface area contributed by atoms with Gasteiger partial charge in [-0.3, -0.25) is 4.79 Å². The Morgan fingerprint density at radius 1 is 1.41 bits per heavy atom. The number of allylic oxidation sites excluding steroid dienone is 1. The summed E-state index contributed by atoms with van der Waals surface area (Å²) in [5.41, 5.74) is 3.45. The number of H-pyrrole nitrogens is 1. The van der Waals surface area contributed by atoms with E-state index in [1.807, 2.05) is 45.3 Å². The minimum absolute atomic E-state index is 0.000425. The normalized spacial score (nSPS) is 11.5. The van der Waals surface area contributed by atoms with Crippen LogP contribution in [0.5, 0.6) is 0 Å². The Balaban J connectivity index is 2.47. The van der Waals surface area contributed by atoms with Crippen molar-refractivity contribution >= 4 is 22.8 Å². The van der Waals surface area contributed by atoms with E-state index in [1.54, 1.807) is 16.2 Å². The van der Waals surface area contributed by atoms with E-state index < -0.39 is 0 Å². The third-order valence-electron chi connectivity index (χ3n) is 3.93. The summed E-state index contributed by atoms with van der Waals surface area (Å²) in [4.78, 5) is 18.9. The monoisotopic (exact) mass is 316 g/mol. The van der Waals surface area contributed by atoms with Crippen molar-refractivity contribution in [1.29, 1.82) is 0 Å². The summed E-state index contributed by atoms with van der Waals surface area (Å²) in [6, 6.07) is 6.04. The molecule has 2 heterocycles. The van der Waals surface area contributed by atoms with E-state index in [2.05, 4.69) is 24.6 Å². The molecule has 0 aromatic carbocycles. The molecule has 0 unspecified atom stereocenters. The number of aromatic amines is 1. The molecule has 1 amide bonds. The summed E-state index contributed by atoms with van der Waals surface area (Å²) in [5, 5.41) is 2.05. The Labute approximate surface area is 136 Å². The summed E-state index contributed by atoms with van der Waals surface area (Å²) in [6.07, 6.45) is 0.849. The van der Waals surface area contributed by atoms with Gasteiger partial charge in [-0.1, -0.05) is 19.6 Å². The lowest BCUT2D eigenvalue weighted by molar-refractivity contribution is 0.0650. The number of hydrogen-bond acceptors (Lipinski definition) is 2. The highest BCUT2D eigenvalue weighted by Gasteiger charge is 2.26. The van der Waals surface area contributed by atoms with Gasteiger partial charge in [-0.05, 0) is 50.3 Å². The molecule has 0 fully saturated rings. The van der Waals surface area contributed by atoms with Gasteiger partial charge in [0.05, 0.1) is 5.69 Å². The van der Waals surface area contributed by atoms with Gasteiger partial charge in [0.1, 0.15) is 5.69 Å². The SMILES string of the molecule is C=C(CC)c1[nH]c(C(=O)N(C)C(C)(C)C)cc1-c1cccs1. The first-order valence-corrected chi connectivity index (χ1v) is 8.36. The van der Waals surface area contributed by atoms with Crippen molar-refractivity contribution in [3.63, 3.8) is 0 Å². The molecule has 0 saturated heterocycles. The highest BCUT2D eigenvalue weighted by Crippen LogP contribution is 2.33. The van der Waals surface area contributed by atoms with Gasteiger partial charge in [0.2, 0.25) is 0 Å². The molecule has 118 valence electrons. The largest absolute Gasteiger partial charge is 0.350 e. The van der Waals surface area contributed by atoms with Crippen molar-refractivity contribution in [2.75, 3.05) is 7.05 Å². The van der Waals surface area contributed by atoms with E-state index in [-0.39, 0.29) is 11.4 Å². The van der Waals surface area contributed by atoms with Crippen molar-refractivity contribution in [3.8, 4) is 10.4 Å². The average molecular weight is 316 g/mol. The Hall–Kier alpha value is -1.81. The molecule has 0 radical (unpaired) electrons. The van der Waals surface area contributed by atoms with Crippen molar-refractivity contribution in [1.82, 2.24) is 9.88 Å². The number of carbonyl (C=O) groups excluding carboxylic acids is 1. The number of thiophene rings is 1. The molecule has 4 heteroatoms. The highest BCUT2D eigenvalue weighted by atomic mass is 32.1. The second-order valence-electron chi connectivity index (χ2n) is 6.44. The van der Waals surface area contributed by atoms with Gasteiger partial charge in [-0.15, -0.1) is 11.3 Å². The van der Waals surface area contributed by atoms with Crippen LogP contribution < -0.4 is 0 Å². The van der Waals surface area contributed by atoms with Gasteiger partial charge in [0.15, 0.2) is 0 Å². The maximum Gasteiger partial charge on any atom is 0.270 e. The van der Waals surface area contributed by atoms with Gasteiger partial charge < -0.3 is 9.88 Å². The molecule has 0 atom stereocenters. The second-order valence-corrected chi connectivity index (χ2v) is 7.39. The van der Waals surface area contributed by atoms with E-state index in [0.29, 0.717) is 5.69 Å². The molecule has 0 spiro atoms. The van der Waals surface area contributed by atoms with E-state index in [9.17, 15) is 4.79 Å². The number of carbonyl (C=O) groups is 1. The fourth-order valence-electron chi connectivity index (χ4n) is 2.14. The van der Waals surface area contributed by atoms with Gasteiger partial charge in [0, 0.05) is 23.0 Å². The first-order valence-electron chi connectivity index (χ1n) is 7.49. The molecule has 0 aliphatic heterocycles. The molecule has 0 aliphatic rings. The minimum Gasteiger partial charge on any atom is -0.350 e. The molecular formula is C18H24N2OS. The lowest BCUT2D eigenvalue weighted by Gasteiger charge is -2.31. The topological polar surface area (TPSA) is 36.1 Å². The number of aromatic nitrogens is 1. The summed E-state index contributed by atoms with van der Waals surface area (Å²) < 4.78 is 0. The first kappa shape index (κ1) is 16.6. The molecule has 2 rings (SSSR count).